The quantitative estimate of drug-likeness (QED) is 0.503. The van der Waals surface area contributed by atoms with E-state index in [0.29, 0.717) is 0 Å². The van der Waals surface area contributed by atoms with Crippen molar-refractivity contribution in [2.75, 3.05) is 0 Å². The van der Waals surface area contributed by atoms with Crippen LogP contribution in [0.2, 0.25) is 0 Å². The molecule has 0 radical (unpaired) electrons. The number of hydrogen-bond acceptors (Lipinski definition) is 3. The molecule has 0 N–H and O–H groups in total. The number of terminal acetylenes is 1. The molecule has 1 aliphatic carbocycles. The van der Waals surface area contributed by atoms with Gasteiger partial charge in [0.25, 0.3) is 0 Å². The molecule has 0 amide bonds. The van der Waals surface area contributed by atoms with Gasteiger partial charge < -0.3 is 9.47 Å². The third-order valence-corrected chi connectivity index (χ3v) is 2.32. The minimum Gasteiger partial charge on any atom is -0.431 e. The molecule has 3 heteroatoms. The molecule has 0 saturated heterocycles. The fraction of sp³-hybridized carbons (Fsp3) is 0.727. The number of carbonyl (C=O) groups excluding carboxylic acids is 1. The molecule has 3 nitrogen and oxygen atoms in total. The van der Waals surface area contributed by atoms with Crippen LogP contribution < -0.4 is 0 Å². The second kappa shape index (κ2) is 5.54. The van der Waals surface area contributed by atoms with E-state index in [9.17, 15) is 4.79 Å². The third-order valence-electron chi connectivity index (χ3n) is 2.32. The van der Waals surface area contributed by atoms with Crippen LogP contribution in [0.25, 0.3) is 0 Å². The topological polar surface area (TPSA) is 35.5 Å². The molecule has 1 aliphatic rings. The first-order valence-electron chi connectivity index (χ1n) is 5.05. The molecular formula is C11H16O3. The highest BCUT2D eigenvalue weighted by Gasteiger charge is 2.19. The molecule has 78 valence electrons. The van der Waals surface area contributed by atoms with Crippen molar-refractivity contribution in [3.8, 4) is 12.3 Å². The summed E-state index contributed by atoms with van der Waals surface area (Å²) in [6.07, 6.45) is 9.33. The second-order valence-electron chi connectivity index (χ2n) is 3.55. The average Bonchev–Trinajstić information content (AvgIpc) is 2.19. The number of ether oxygens (including phenoxy) is 2. The number of rotatable bonds is 2. The van der Waals surface area contributed by atoms with Crippen LogP contribution in [0, 0.1) is 12.3 Å². The van der Waals surface area contributed by atoms with Crippen molar-refractivity contribution >= 4 is 6.16 Å². The Morgan fingerprint density at radius 3 is 2.64 bits per heavy atom. The normalized spacial score (nSPS) is 19.4. The van der Waals surface area contributed by atoms with E-state index in [-0.39, 0.29) is 6.10 Å². The third kappa shape index (κ3) is 3.69. The number of carbonyl (C=O) groups is 1. The van der Waals surface area contributed by atoms with Crippen LogP contribution in [0.1, 0.15) is 39.0 Å². The van der Waals surface area contributed by atoms with Crippen molar-refractivity contribution in [1.82, 2.24) is 0 Å². The van der Waals surface area contributed by atoms with E-state index in [4.69, 9.17) is 15.9 Å². The monoisotopic (exact) mass is 196 g/mol. The largest absolute Gasteiger partial charge is 0.509 e. The van der Waals surface area contributed by atoms with E-state index in [1.165, 1.54) is 6.42 Å². The van der Waals surface area contributed by atoms with Crippen molar-refractivity contribution < 1.29 is 14.3 Å². The molecule has 0 aliphatic heterocycles. The first kappa shape index (κ1) is 10.9. The summed E-state index contributed by atoms with van der Waals surface area (Å²) in [7, 11) is 0. The maximum Gasteiger partial charge on any atom is 0.509 e. The Kier molecular flexibility index (Phi) is 4.31. The lowest BCUT2D eigenvalue weighted by molar-refractivity contribution is 0.00355. The van der Waals surface area contributed by atoms with Crippen molar-refractivity contribution in [1.29, 1.82) is 0 Å². The molecule has 1 saturated carbocycles. The summed E-state index contributed by atoms with van der Waals surface area (Å²) in [4.78, 5) is 11.1. The molecule has 0 aromatic heterocycles. The lowest BCUT2D eigenvalue weighted by Gasteiger charge is -2.21. The molecule has 1 atom stereocenters. The summed E-state index contributed by atoms with van der Waals surface area (Å²) in [5.41, 5.74) is 0. The molecule has 0 bridgehead atoms. The van der Waals surface area contributed by atoms with E-state index in [2.05, 4.69) is 5.92 Å². The Morgan fingerprint density at radius 1 is 1.43 bits per heavy atom. The Bertz CT molecular complexity index is 223. The van der Waals surface area contributed by atoms with Crippen molar-refractivity contribution in [3.05, 3.63) is 0 Å². The smallest absolute Gasteiger partial charge is 0.431 e. The molecule has 0 aromatic rings. The van der Waals surface area contributed by atoms with Gasteiger partial charge in [-0.2, -0.15) is 0 Å². The van der Waals surface area contributed by atoms with Crippen LogP contribution >= 0.6 is 0 Å². The molecule has 0 unspecified atom stereocenters. The first-order valence-corrected chi connectivity index (χ1v) is 5.05. The zero-order chi connectivity index (χ0) is 10.4. The van der Waals surface area contributed by atoms with E-state index in [0.717, 1.165) is 25.7 Å². The molecule has 1 fully saturated rings. The van der Waals surface area contributed by atoms with Crippen molar-refractivity contribution in [3.63, 3.8) is 0 Å². The fourth-order valence-electron chi connectivity index (χ4n) is 1.53. The number of hydrogen-bond donors (Lipinski definition) is 0. The van der Waals surface area contributed by atoms with Gasteiger partial charge in [0.2, 0.25) is 0 Å². The summed E-state index contributed by atoms with van der Waals surface area (Å²) >= 11 is 0. The highest BCUT2D eigenvalue weighted by molar-refractivity contribution is 5.60. The zero-order valence-electron chi connectivity index (χ0n) is 8.49. The second-order valence-corrected chi connectivity index (χ2v) is 3.55. The van der Waals surface area contributed by atoms with E-state index in [1.54, 1.807) is 6.92 Å². The Morgan fingerprint density at radius 2 is 2.07 bits per heavy atom. The van der Waals surface area contributed by atoms with Gasteiger partial charge >= 0.3 is 6.16 Å². The highest BCUT2D eigenvalue weighted by Crippen LogP contribution is 2.20. The molecule has 1 rings (SSSR count). The van der Waals surface area contributed by atoms with Crippen LogP contribution in [-0.2, 0) is 9.47 Å². The highest BCUT2D eigenvalue weighted by atomic mass is 16.7. The summed E-state index contributed by atoms with van der Waals surface area (Å²) in [6, 6.07) is 0. The maximum absolute atomic E-state index is 11.1. The van der Waals surface area contributed by atoms with Crippen LogP contribution in [0.15, 0.2) is 0 Å². The summed E-state index contributed by atoms with van der Waals surface area (Å²) in [5, 5.41) is 0. The van der Waals surface area contributed by atoms with Gasteiger partial charge in [-0.15, -0.1) is 6.42 Å². The van der Waals surface area contributed by atoms with Crippen LogP contribution in [0.4, 0.5) is 4.79 Å². The molecule has 14 heavy (non-hydrogen) atoms. The summed E-state index contributed by atoms with van der Waals surface area (Å²) < 4.78 is 9.91. The predicted octanol–water partition coefficient (Wildman–Crippen LogP) is 2.49. The Labute approximate surface area is 84.8 Å². The van der Waals surface area contributed by atoms with Crippen LogP contribution in [0.3, 0.4) is 0 Å². The standard InChI is InChI=1S/C11H16O3/c1-3-9(2)13-11(12)14-10-7-5-4-6-8-10/h1,9-10H,4-8H2,2H3/t9-/m1/s1. The summed E-state index contributed by atoms with van der Waals surface area (Å²) in [5.74, 6) is 2.31. The van der Waals surface area contributed by atoms with Crippen LogP contribution in [0.5, 0.6) is 0 Å². The summed E-state index contributed by atoms with van der Waals surface area (Å²) in [6.45, 7) is 1.64. The van der Waals surface area contributed by atoms with E-state index >= 15 is 0 Å². The van der Waals surface area contributed by atoms with Crippen molar-refractivity contribution in [2.24, 2.45) is 0 Å². The fourth-order valence-corrected chi connectivity index (χ4v) is 1.53. The molecule has 0 aromatic carbocycles. The zero-order valence-corrected chi connectivity index (χ0v) is 8.49. The van der Waals surface area contributed by atoms with Gasteiger partial charge in [-0.05, 0) is 32.6 Å². The molecule has 0 spiro atoms. The first-order chi connectivity index (χ1) is 6.72. The Hall–Kier alpha value is -1.17. The molecular weight excluding hydrogens is 180 g/mol. The average molecular weight is 196 g/mol. The van der Waals surface area contributed by atoms with Gasteiger partial charge in [0.05, 0.1) is 0 Å². The van der Waals surface area contributed by atoms with Gasteiger partial charge in [-0.25, -0.2) is 4.79 Å². The maximum atomic E-state index is 11.1. The van der Waals surface area contributed by atoms with Gasteiger partial charge in [-0.1, -0.05) is 12.3 Å². The predicted molar refractivity (Wildman–Crippen MR) is 52.7 cm³/mol. The van der Waals surface area contributed by atoms with Crippen molar-refractivity contribution in [2.45, 2.75) is 51.2 Å². The minimum atomic E-state index is -0.637. The molecule has 0 heterocycles. The van der Waals surface area contributed by atoms with Gasteiger partial charge in [0, 0.05) is 0 Å². The van der Waals surface area contributed by atoms with Gasteiger partial charge in [0.15, 0.2) is 6.10 Å². The van der Waals surface area contributed by atoms with Gasteiger partial charge in [0.1, 0.15) is 6.10 Å². The Balaban J connectivity index is 2.22. The van der Waals surface area contributed by atoms with E-state index in [1.807, 2.05) is 0 Å². The minimum absolute atomic E-state index is 0.0289. The lowest BCUT2D eigenvalue weighted by Crippen LogP contribution is -2.23. The van der Waals surface area contributed by atoms with E-state index < -0.39 is 12.3 Å². The van der Waals surface area contributed by atoms with Gasteiger partial charge in [-0.3, -0.25) is 0 Å². The van der Waals surface area contributed by atoms with Crippen LogP contribution in [-0.4, -0.2) is 18.4 Å². The SMILES string of the molecule is C#C[C@@H](C)OC(=O)OC1CCCCC1. The lowest BCUT2D eigenvalue weighted by atomic mass is 9.98.